The van der Waals surface area contributed by atoms with Crippen molar-refractivity contribution in [1.29, 1.82) is 0 Å². The van der Waals surface area contributed by atoms with E-state index in [4.69, 9.17) is 0 Å². The van der Waals surface area contributed by atoms with Gasteiger partial charge in [-0.1, -0.05) is 177 Å². The van der Waals surface area contributed by atoms with Crippen molar-refractivity contribution >= 4 is 38.9 Å². The monoisotopic (exact) mass is 872 g/mol. The molecule has 2 nitrogen and oxygen atoms in total. The van der Waals surface area contributed by atoms with Crippen molar-refractivity contribution in [2.75, 3.05) is 4.90 Å². The van der Waals surface area contributed by atoms with Crippen LogP contribution in [0.25, 0.3) is 83.1 Å². The van der Waals surface area contributed by atoms with Crippen molar-refractivity contribution in [3.63, 3.8) is 0 Å². The molecule has 326 valence electrons. The predicted octanol–water partition coefficient (Wildman–Crippen LogP) is 18.2. The Kier molecular flexibility index (Phi) is 10.3. The Balaban J connectivity index is 0.961. The molecule has 1 heterocycles. The largest absolute Gasteiger partial charge is 0.310 e. The molecule has 1 aromatic heterocycles. The van der Waals surface area contributed by atoms with Crippen molar-refractivity contribution in [2.45, 2.75) is 40.0 Å². The highest BCUT2D eigenvalue weighted by Gasteiger charge is 2.27. The van der Waals surface area contributed by atoms with Crippen LogP contribution >= 0.6 is 0 Å². The van der Waals surface area contributed by atoms with E-state index in [-0.39, 0.29) is 0 Å². The van der Waals surface area contributed by atoms with E-state index in [9.17, 15) is 0 Å². The molecule has 0 amide bonds. The Morgan fingerprint density at radius 2 is 0.971 bits per heavy atom. The Morgan fingerprint density at radius 3 is 1.74 bits per heavy atom. The fraction of sp³-hybridized carbons (Fsp3) is 0.0909. The second-order valence-electron chi connectivity index (χ2n) is 18.6. The maximum absolute atomic E-state index is 2.48. The number of rotatable bonds is 8. The van der Waals surface area contributed by atoms with Gasteiger partial charge in [0.25, 0.3) is 0 Å². The number of para-hydroxylation sites is 2. The zero-order valence-electron chi connectivity index (χ0n) is 39.0. The molecular formula is C66H52N2. The van der Waals surface area contributed by atoms with Gasteiger partial charge in [0.1, 0.15) is 0 Å². The second-order valence-corrected chi connectivity index (χ2v) is 18.6. The molecule has 1 atom stereocenters. The van der Waals surface area contributed by atoms with Gasteiger partial charge in [0, 0.05) is 27.8 Å². The Labute approximate surface area is 400 Å². The molecule has 0 spiro atoms. The number of hydrogen-bond donors (Lipinski definition) is 0. The summed E-state index contributed by atoms with van der Waals surface area (Å²) in [7, 11) is 0. The summed E-state index contributed by atoms with van der Waals surface area (Å²) in [5.74, 6) is 0.324. The zero-order valence-corrected chi connectivity index (χ0v) is 39.0. The summed E-state index contributed by atoms with van der Waals surface area (Å²) in [5.41, 5.74) is 26.5. The molecule has 0 radical (unpaired) electrons. The first-order valence-corrected chi connectivity index (χ1v) is 24.0. The van der Waals surface area contributed by atoms with Crippen LogP contribution < -0.4 is 4.90 Å². The quantitative estimate of drug-likeness (QED) is 0.148. The Bertz CT molecular complexity index is 3690. The molecule has 0 fully saturated rings. The van der Waals surface area contributed by atoms with Gasteiger partial charge in [-0.2, -0.15) is 0 Å². The highest BCUT2D eigenvalue weighted by Crippen LogP contribution is 2.48. The molecular weight excluding hydrogens is 821 g/mol. The van der Waals surface area contributed by atoms with E-state index in [0.29, 0.717) is 5.92 Å². The lowest BCUT2D eigenvalue weighted by atomic mass is 9.78. The van der Waals surface area contributed by atoms with Gasteiger partial charge in [-0.25, -0.2) is 0 Å². The van der Waals surface area contributed by atoms with Crippen LogP contribution in [0.15, 0.2) is 224 Å². The third kappa shape index (κ3) is 6.95. The van der Waals surface area contributed by atoms with Crippen molar-refractivity contribution in [1.82, 2.24) is 4.57 Å². The highest BCUT2D eigenvalue weighted by molar-refractivity contribution is 6.16. The lowest BCUT2D eigenvalue weighted by Gasteiger charge is -2.31. The summed E-state index contributed by atoms with van der Waals surface area (Å²) < 4.78 is 2.41. The van der Waals surface area contributed by atoms with Gasteiger partial charge in [0.05, 0.1) is 16.7 Å². The number of aryl methyl sites for hydroxylation is 1. The van der Waals surface area contributed by atoms with Gasteiger partial charge in [0.2, 0.25) is 0 Å². The summed E-state index contributed by atoms with van der Waals surface area (Å²) in [6.45, 7) is 9.18. The SMILES string of the molecule is Cc1ccccc1-c1cccc(-c2cccc(-c3ccc4c(c3)CC(C)c3cc(N(c5ccc(-c6ccccc6)cc5)c5cccc6c5c5ccccc5n6-c5ccccc5)ccc3-4)c2C)c1C. The summed E-state index contributed by atoms with van der Waals surface area (Å²) in [4.78, 5) is 2.48. The molecule has 1 unspecified atom stereocenters. The van der Waals surface area contributed by atoms with Gasteiger partial charge in [-0.3, -0.25) is 0 Å². The molecule has 1 aliphatic carbocycles. The number of aromatic nitrogens is 1. The smallest absolute Gasteiger partial charge is 0.0562 e. The van der Waals surface area contributed by atoms with Crippen LogP contribution in [0.1, 0.15) is 40.7 Å². The van der Waals surface area contributed by atoms with Gasteiger partial charge in [0.15, 0.2) is 0 Å². The lowest BCUT2D eigenvalue weighted by molar-refractivity contribution is 0.749. The minimum Gasteiger partial charge on any atom is -0.310 e. The van der Waals surface area contributed by atoms with E-state index < -0.39 is 0 Å². The van der Waals surface area contributed by atoms with E-state index in [1.807, 2.05) is 0 Å². The number of nitrogens with zero attached hydrogens (tertiary/aromatic N) is 2. The molecule has 1 aliphatic rings. The van der Waals surface area contributed by atoms with Gasteiger partial charge in [-0.05, 0) is 171 Å². The second kappa shape index (κ2) is 16.9. The minimum atomic E-state index is 0.324. The fourth-order valence-corrected chi connectivity index (χ4v) is 11.2. The van der Waals surface area contributed by atoms with Crippen molar-refractivity contribution in [3.8, 4) is 61.3 Å². The molecule has 2 heteroatoms. The average Bonchev–Trinajstić information content (AvgIpc) is 3.73. The van der Waals surface area contributed by atoms with Crippen LogP contribution in [0.2, 0.25) is 0 Å². The van der Waals surface area contributed by atoms with Crippen LogP contribution in [0.3, 0.4) is 0 Å². The summed E-state index contributed by atoms with van der Waals surface area (Å²) in [6, 6.07) is 82.8. The van der Waals surface area contributed by atoms with E-state index in [1.54, 1.807) is 0 Å². The molecule has 11 aromatic rings. The van der Waals surface area contributed by atoms with Gasteiger partial charge >= 0.3 is 0 Å². The molecule has 0 aliphatic heterocycles. The van der Waals surface area contributed by atoms with Crippen molar-refractivity contribution in [3.05, 3.63) is 252 Å². The topological polar surface area (TPSA) is 8.17 Å². The summed E-state index contributed by atoms with van der Waals surface area (Å²) >= 11 is 0. The number of benzene rings is 10. The third-order valence-corrected chi connectivity index (χ3v) is 14.6. The molecule has 12 rings (SSSR count). The maximum atomic E-state index is 2.48. The normalized spacial score (nSPS) is 13.1. The van der Waals surface area contributed by atoms with Gasteiger partial charge in [-0.15, -0.1) is 0 Å². The average molecular weight is 873 g/mol. The minimum absolute atomic E-state index is 0.324. The number of fused-ring (bicyclic) bond motifs is 6. The standard InChI is InChI=1S/C66H52N2/c1-43-18-11-12-23-54(43)56-26-16-28-58(46(56)4)57-27-15-25-55(45(57)3)49-34-38-59-50(41-49)40-44(2)62-42-53(37-39-60(59)62)67(52-35-32-48(33-36-52)47-19-7-5-8-20-47)64-30-17-31-65-66(64)61-24-13-14-29-63(61)68(65)51-21-9-6-10-22-51/h5-39,41-42,44H,40H2,1-4H3. The van der Waals surface area contributed by atoms with Crippen LogP contribution in [0.4, 0.5) is 17.1 Å². The number of anilines is 3. The van der Waals surface area contributed by atoms with Crippen LogP contribution in [0.5, 0.6) is 0 Å². The molecule has 68 heavy (non-hydrogen) atoms. The van der Waals surface area contributed by atoms with Crippen LogP contribution in [-0.2, 0) is 6.42 Å². The summed E-state index contributed by atoms with van der Waals surface area (Å²) in [6.07, 6.45) is 0.974. The first-order valence-electron chi connectivity index (χ1n) is 24.0. The van der Waals surface area contributed by atoms with E-state index in [0.717, 1.165) is 29.2 Å². The molecule has 10 aromatic carbocycles. The number of hydrogen-bond acceptors (Lipinski definition) is 1. The molecule has 0 saturated carbocycles. The van der Waals surface area contributed by atoms with Crippen LogP contribution in [-0.4, -0.2) is 4.57 Å². The Morgan fingerprint density at radius 1 is 0.412 bits per heavy atom. The molecule has 0 N–H and O–H groups in total. The van der Waals surface area contributed by atoms with Gasteiger partial charge < -0.3 is 9.47 Å². The van der Waals surface area contributed by atoms with E-state index >= 15 is 0 Å². The zero-order chi connectivity index (χ0) is 45.9. The predicted molar refractivity (Wildman–Crippen MR) is 289 cm³/mol. The fourth-order valence-electron chi connectivity index (χ4n) is 11.2. The lowest BCUT2D eigenvalue weighted by Crippen LogP contribution is -2.13. The van der Waals surface area contributed by atoms with Crippen molar-refractivity contribution in [2.24, 2.45) is 0 Å². The van der Waals surface area contributed by atoms with Crippen LogP contribution in [0, 0.1) is 20.8 Å². The molecule has 0 saturated heterocycles. The van der Waals surface area contributed by atoms with E-state index in [2.05, 4.69) is 262 Å². The van der Waals surface area contributed by atoms with Crippen molar-refractivity contribution < 1.29 is 0 Å². The molecule has 0 bridgehead atoms. The maximum Gasteiger partial charge on any atom is 0.0562 e. The van der Waals surface area contributed by atoms with E-state index in [1.165, 1.54) is 105 Å². The first kappa shape index (κ1) is 41.2. The highest BCUT2D eigenvalue weighted by atomic mass is 15.1. The Hall–Kier alpha value is -8.20. The first-order chi connectivity index (χ1) is 33.4. The third-order valence-electron chi connectivity index (χ3n) is 14.6. The summed E-state index contributed by atoms with van der Waals surface area (Å²) in [5, 5.41) is 2.46.